The molecular formula is C20H21FN2O4S. The highest BCUT2D eigenvalue weighted by molar-refractivity contribution is 7.91. The van der Waals surface area contributed by atoms with Gasteiger partial charge in [-0.3, -0.25) is 9.69 Å². The van der Waals surface area contributed by atoms with Crippen LogP contribution in [0.4, 0.5) is 10.1 Å². The number of hydrogen-bond donors (Lipinski definition) is 0. The van der Waals surface area contributed by atoms with Crippen LogP contribution in [0.5, 0.6) is 5.75 Å². The van der Waals surface area contributed by atoms with Gasteiger partial charge in [0.15, 0.2) is 9.84 Å². The van der Waals surface area contributed by atoms with Gasteiger partial charge in [-0.15, -0.1) is 0 Å². The van der Waals surface area contributed by atoms with Crippen molar-refractivity contribution in [3.63, 3.8) is 0 Å². The molecule has 0 unspecified atom stereocenters. The lowest BCUT2D eigenvalue weighted by Crippen LogP contribution is -2.61. The fraction of sp³-hybridized carbons (Fsp3) is 0.350. The van der Waals surface area contributed by atoms with Gasteiger partial charge < -0.3 is 9.64 Å². The van der Waals surface area contributed by atoms with Crippen LogP contribution in [0.2, 0.25) is 0 Å². The minimum Gasteiger partial charge on any atom is -0.497 e. The summed E-state index contributed by atoms with van der Waals surface area (Å²) in [5, 5.41) is 0. The Morgan fingerprint density at radius 3 is 2.43 bits per heavy atom. The molecule has 2 saturated heterocycles. The van der Waals surface area contributed by atoms with Gasteiger partial charge in [0.25, 0.3) is 0 Å². The molecule has 2 aliphatic heterocycles. The zero-order valence-electron chi connectivity index (χ0n) is 15.4. The fourth-order valence-corrected chi connectivity index (χ4v) is 6.04. The van der Waals surface area contributed by atoms with Crippen LogP contribution < -0.4 is 9.64 Å². The number of sulfone groups is 1. The number of nitrogens with zero attached hydrogens (tertiary/aromatic N) is 2. The van der Waals surface area contributed by atoms with Gasteiger partial charge in [0, 0.05) is 23.8 Å². The van der Waals surface area contributed by atoms with E-state index in [4.69, 9.17) is 4.74 Å². The third kappa shape index (κ3) is 3.49. The predicted octanol–water partition coefficient (Wildman–Crippen LogP) is 1.85. The maximum Gasteiger partial charge on any atom is 0.241 e. The summed E-state index contributed by atoms with van der Waals surface area (Å²) in [4.78, 5) is 16.3. The van der Waals surface area contributed by atoms with Crippen molar-refractivity contribution in [2.45, 2.75) is 18.6 Å². The normalized spacial score (nSPS) is 24.2. The Labute approximate surface area is 163 Å². The summed E-state index contributed by atoms with van der Waals surface area (Å²) < 4.78 is 44.0. The highest BCUT2D eigenvalue weighted by Gasteiger charge is 2.49. The number of benzene rings is 2. The van der Waals surface area contributed by atoms with Crippen molar-refractivity contribution in [1.82, 2.24) is 4.90 Å². The number of piperazine rings is 1. The van der Waals surface area contributed by atoms with Gasteiger partial charge in [-0.05, 0) is 30.3 Å². The summed E-state index contributed by atoms with van der Waals surface area (Å²) >= 11 is 0. The number of carbonyl (C=O) groups excluding carboxylic acids is 1. The second kappa shape index (κ2) is 7.18. The first-order valence-electron chi connectivity index (χ1n) is 9.02. The Bertz CT molecular complexity index is 994. The topological polar surface area (TPSA) is 66.9 Å². The molecule has 0 spiro atoms. The molecule has 2 aliphatic rings. The highest BCUT2D eigenvalue weighted by Crippen LogP contribution is 2.33. The Hall–Kier alpha value is -2.45. The Morgan fingerprint density at radius 1 is 1.07 bits per heavy atom. The summed E-state index contributed by atoms with van der Waals surface area (Å²) in [6, 6.07) is 12.5. The molecule has 0 aliphatic carbocycles. The van der Waals surface area contributed by atoms with Gasteiger partial charge in [-0.2, -0.15) is 0 Å². The molecule has 2 fully saturated rings. The lowest BCUT2D eigenvalue weighted by molar-refractivity contribution is -0.123. The van der Waals surface area contributed by atoms with Crippen LogP contribution in [0.3, 0.4) is 0 Å². The number of ether oxygens (including phenoxy) is 1. The van der Waals surface area contributed by atoms with Crippen LogP contribution >= 0.6 is 0 Å². The summed E-state index contributed by atoms with van der Waals surface area (Å²) in [5.41, 5.74) is 1.10. The van der Waals surface area contributed by atoms with Gasteiger partial charge in [-0.1, -0.05) is 18.2 Å². The van der Waals surface area contributed by atoms with E-state index in [0.717, 1.165) is 0 Å². The van der Waals surface area contributed by atoms with Gasteiger partial charge in [0.2, 0.25) is 5.91 Å². The third-order valence-electron chi connectivity index (χ3n) is 5.38. The minimum absolute atomic E-state index is 0.0357. The van der Waals surface area contributed by atoms with Crippen molar-refractivity contribution in [2.75, 3.05) is 30.1 Å². The van der Waals surface area contributed by atoms with Crippen molar-refractivity contribution in [1.29, 1.82) is 0 Å². The summed E-state index contributed by atoms with van der Waals surface area (Å²) in [7, 11) is -1.74. The molecule has 28 heavy (non-hydrogen) atoms. The lowest BCUT2D eigenvalue weighted by atomic mass is 10.0. The van der Waals surface area contributed by atoms with Crippen LogP contribution in [0.25, 0.3) is 0 Å². The monoisotopic (exact) mass is 404 g/mol. The molecule has 0 radical (unpaired) electrons. The van der Waals surface area contributed by atoms with Crippen molar-refractivity contribution in [2.24, 2.45) is 0 Å². The summed E-state index contributed by atoms with van der Waals surface area (Å²) in [6.45, 7) is 0.239. The average molecular weight is 404 g/mol. The predicted molar refractivity (Wildman–Crippen MR) is 104 cm³/mol. The lowest BCUT2D eigenvalue weighted by Gasteiger charge is -2.43. The number of amides is 1. The van der Waals surface area contributed by atoms with Gasteiger partial charge in [0.1, 0.15) is 11.6 Å². The number of carbonyl (C=O) groups is 1. The first-order valence-corrected chi connectivity index (χ1v) is 10.8. The highest BCUT2D eigenvalue weighted by atomic mass is 32.2. The van der Waals surface area contributed by atoms with E-state index in [2.05, 4.69) is 0 Å². The summed E-state index contributed by atoms with van der Waals surface area (Å²) in [6.07, 6.45) is 0. The van der Waals surface area contributed by atoms with Crippen LogP contribution in [0.15, 0.2) is 48.5 Å². The minimum atomic E-state index is -3.30. The smallest absolute Gasteiger partial charge is 0.241 e. The largest absolute Gasteiger partial charge is 0.497 e. The standard InChI is InChI=1S/C20H21FN2O4S/c1-27-16-8-6-15(7-9-16)23-19-13-28(25,26)12-18(19)22(11-20(23)24)10-14-4-2-3-5-17(14)21/h2-9,18-19H,10-13H2,1H3/t18-,19+/m0/s1. The van der Waals surface area contributed by atoms with E-state index in [1.807, 2.05) is 0 Å². The molecular weight excluding hydrogens is 383 g/mol. The molecule has 2 heterocycles. The van der Waals surface area contributed by atoms with E-state index in [0.29, 0.717) is 17.0 Å². The average Bonchev–Trinajstić information content (AvgIpc) is 2.99. The molecule has 1 amide bonds. The Morgan fingerprint density at radius 2 is 1.75 bits per heavy atom. The Kier molecular flexibility index (Phi) is 4.84. The van der Waals surface area contributed by atoms with Gasteiger partial charge in [-0.25, -0.2) is 12.8 Å². The number of hydrogen-bond acceptors (Lipinski definition) is 5. The zero-order valence-corrected chi connectivity index (χ0v) is 16.2. The van der Waals surface area contributed by atoms with E-state index in [-0.39, 0.29) is 42.4 Å². The molecule has 2 atom stereocenters. The second-order valence-corrected chi connectivity index (χ2v) is 9.32. The van der Waals surface area contributed by atoms with Gasteiger partial charge >= 0.3 is 0 Å². The zero-order chi connectivity index (χ0) is 19.9. The molecule has 4 rings (SSSR count). The molecule has 2 aromatic rings. The van der Waals surface area contributed by atoms with Crippen LogP contribution in [0.1, 0.15) is 5.56 Å². The molecule has 8 heteroatoms. The molecule has 148 valence electrons. The van der Waals surface area contributed by atoms with Crippen LogP contribution in [-0.4, -0.2) is 56.5 Å². The number of halogens is 1. The van der Waals surface area contributed by atoms with Crippen molar-refractivity contribution in [3.05, 3.63) is 59.9 Å². The van der Waals surface area contributed by atoms with Crippen molar-refractivity contribution in [3.8, 4) is 5.75 Å². The number of fused-ring (bicyclic) bond motifs is 1. The molecule has 6 nitrogen and oxygen atoms in total. The first-order chi connectivity index (χ1) is 13.4. The molecule has 0 N–H and O–H groups in total. The van der Waals surface area contributed by atoms with Crippen molar-refractivity contribution >= 4 is 21.4 Å². The Balaban J connectivity index is 1.66. The SMILES string of the molecule is COc1ccc(N2C(=O)CN(Cc3ccccc3F)[C@H]3CS(=O)(=O)C[C@H]32)cc1. The number of rotatable bonds is 4. The number of methoxy groups -OCH3 is 1. The third-order valence-corrected chi connectivity index (χ3v) is 7.08. The fourth-order valence-electron chi connectivity index (χ4n) is 4.05. The van der Waals surface area contributed by atoms with E-state index >= 15 is 0 Å². The first kappa shape index (κ1) is 18.9. The van der Waals surface area contributed by atoms with E-state index in [1.165, 1.54) is 6.07 Å². The molecule has 2 aromatic carbocycles. The quantitative estimate of drug-likeness (QED) is 0.778. The van der Waals surface area contributed by atoms with Crippen LogP contribution in [-0.2, 0) is 21.2 Å². The van der Waals surface area contributed by atoms with E-state index in [1.54, 1.807) is 59.4 Å². The second-order valence-electron chi connectivity index (χ2n) is 7.17. The van der Waals surface area contributed by atoms with Crippen LogP contribution in [0, 0.1) is 5.82 Å². The maximum atomic E-state index is 14.1. The maximum absolute atomic E-state index is 14.1. The van der Waals surface area contributed by atoms with E-state index < -0.39 is 15.9 Å². The molecule has 0 bridgehead atoms. The molecule has 0 aromatic heterocycles. The molecule has 0 saturated carbocycles. The van der Waals surface area contributed by atoms with Gasteiger partial charge in [0.05, 0.1) is 31.2 Å². The van der Waals surface area contributed by atoms with E-state index in [9.17, 15) is 17.6 Å². The van der Waals surface area contributed by atoms with Crippen molar-refractivity contribution < 1.29 is 22.3 Å². The number of anilines is 1. The summed E-state index contributed by atoms with van der Waals surface area (Å²) in [5.74, 6) is -0.0234.